The van der Waals surface area contributed by atoms with E-state index >= 15 is 0 Å². The maximum absolute atomic E-state index is 12.7. The van der Waals surface area contributed by atoms with E-state index in [0.717, 1.165) is 19.5 Å². The number of carbonyl (C=O) groups excluding carboxylic acids is 2. The van der Waals surface area contributed by atoms with Crippen LogP contribution in [0.3, 0.4) is 0 Å². The fourth-order valence-corrected chi connectivity index (χ4v) is 3.59. The van der Waals surface area contributed by atoms with Gasteiger partial charge in [-0.25, -0.2) is 0 Å². The standard InChI is InChI=1S/C19H27N3O4/c1-25-16-4-3-14(11-17(16)26-2)19(24)22-9-6-13(7-10-22)18(23)21-15-5-8-20-12-15/h3-4,11,13,15,20H,5-10,12H2,1-2H3,(H,21,23). The number of methoxy groups -OCH3 is 2. The highest BCUT2D eigenvalue weighted by Crippen LogP contribution is 2.29. The molecule has 1 unspecified atom stereocenters. The fourth-order valence-electron chi connectivity index (χ4n) is 3.59. The summed E-state index contributed by atoms with van der Waals surface area (Å²) in [7, 11) is 3.12. The zero-order chi connectivity index (χ0) is 18.5. The first-order chi connectivity index (χ1) is 12.6. The van der Waals surface area contributed by atoms with Crippen LogP contribution in [0.4, 0.5) is 0 Å². The first kappa shape index (κ1) is 18.5. The summed E-state index contributed by atoms with van der Waals surface area (Å²) in [6.07, 6.45) is 2.39. The van der Waals surface area contributed by atoms with Crippen molar-refractivity contribution in [2.24, 2.45) is 5.92 Å². The molecule has 0 bridgehead atoms. The van der Waals surface area contributed by atoms with Gasteiger partial charge < -0.3 is 25.0 Å². The molecule has 2 amide bonds. The number of hydrogen-bond donors (Lipinski definition) is 2. The van der Waals surface area contributed by atoms with E-state index in [0.29, 0.717) is 43.0 Å². The van der Waals surface area contributed by atoms with Crippen molar-refractivity contribution >= 4 is 11.8 Å². The zero-order valence-electron chi connectivity index (χ0n) is 15.4. The smallest absolute Gasteiger partial charge is 0.253 e. The van der Waals surface area contributed by atoms with E-state index in [9.17, 15) is 9.59 Å². The van der Waals surface area contributed by atoms with Crippen LogP contribution in [0, 0.1) is 5.92 Å². The molecule has 2 N–H and O–H groups in total. The Balaban J connectivity index is 1.55. The van der Waals surface area contributed by atoms with Crippen LogP contribution in [-0.2, 0) is 4.79 Å². The number of rotatable bonds is 5. The molecule has 0 aromatic heterocycles. The number of nitrogens with zero attached hydrogens (tertiary/aromatic N) is 1. The Hall–Kier alpha value is -2.28. The molecule has 7 heteroatoms. The summed E-state index contributed by atoms with van der Waals surface area (Å²) >= 11 is 0. The van der Waals surface area contributed by atoms with Crippen molar-refractivity contribution in [2.45, 2.75) is 25.3 Å². The third kappa shape index (κ3) is 4.09. The number of piperidine rings is 1. The Morgan fingerprint density at radius 3 is 2.46 bits per heavy atom. The fraction of sp³-hybridized carbons (Fsp3) is 0.579. The highest BCUT2D eigenvalue weighted by Gasteiger charge is 2.29. The molecule has 0 aliphatic carbocycles. The molecule has 142 valence electrons. The number of ether oxygens (including phenoxy) is 2. The van der Waals surface area contributed by atoms with Crippen LogP contribution in [0.1, 0.15) is 29.6 Å². The minimum absolute atomic E-state index is 0.00921. The molecule has 2 aliphatic heterocycles. The molecule has 3 rings (SSSR count). The molecule has 7 nitrogen and oxygen atoms in total. The van der Waals surface area contributed by atoms with Crippen LogP contribution in [0.2, 0.25) is 0 Å². The molecule has 0 spiro atoms. The molecule has 2 heterocycles. The Kier molecular flexibility index (Phi) is 5.98. The second-order valence-electron chi connectivity index (χ2n) is 6.83. The van der Waals surface area contributed by atoms with Crippen molar-refractivity contribution in [1.29, 1.82) is 0 Å². The van der Waals surface area contributed by atoms with Crippen LogP contribution < -0.4 is 20.1 Å². The van der Waals surface area contributed by atoms with Gasteiger partial charge in [-0.05, 0) is 44.0 Å². The molecule has 2 fully saturated rings. The summed E-state index contributed by atoms with van der Waals surface area (Å²) in [5.74, 6) is 1.21. The van der Waals surface area contributed by atoms with Crippen molar-refractivity contribution in [1.82, 2.24) is 15.5 Å². The molecule has 1 atom stereocenters. The molecular formula is C19H27N3O4. The maximum atomic E-state index is 12.7. The van der Waals surface area contributed by atoms with Crippen molar-refractivity contribution in [3.05, 3.63) is 23.8 Å². The van der Waals surface area contributed by atoms with Crippen LogP contribution in [0.15, 0.2) is 18.2 Å². The summed E-state index contributed by atoms with van der Waals surface area (Å²) in [6.45, 7) is 2.99. The quantitative estimate of drug-likeness (QED) is 0.819. The molecular weight excluding hydrogens is 334 g/mol. The minimum Gasteiger partial charge on any atom is -0.493 e. The van der Waals surface area contributed by atoms with Crippen molar-refractivity contribution in [3.8, 4) is 11.5 Å². The normalized spacial score (nSPS) is 20.7. The number of benzene rings is 1. The monoisotopic (exact) mass is 361 g/mol. The number of amides is 2. The lowest BCUT2D eigenvalue weighted by atomic mass is 9.95. The lowest BCUT2D eigenvalue weighted by Crippen LogP contribution is -2.45. The first-order valence-electron chi connectivity index (χ1n) is 9.14. The van der Waals surface area contributed by atoms with Crippen LogP contribution in [0.25, 0.3) is 0 Å². The van der Waals surface area contributed by atoms with E-state index in [4.69, 9.17) is 9.47 Å². The van der Waals surface area contributed by atoms with Gasteiger partial charge in [0.05, 0.1) is 14.2 Å². The summed E-state index contributed by atoms with van der Waals surface area (Å²) in [4.78, 5) is 26.9. The Bertz CT molecular complexity index is 650. The van der Waals surface area contributed by atoms with Gasteiger partial charge in [0.1, 0.15) is 0 Å². The van der Waals surface area contributed by atoms with Crippen molar-refractivity contribution < 1.29 is 19.1 Å². The van der Waals surface area contributed by atoms with Gasteiger partial charge >= 0.3 is 0 Å². The Morgan fingerprint density at radius 2 is 1.85 bits per heavy atom. The second kappa shape index (κ2) is 8.40. The van der Waals surface area contributed by atoms with E-state index in [-0.39, 0.29) is 23.8 Å². The van der Waals surface area contributed by atoms with E-state index in [2.05, 4.69) is 10.6 Å². The lowest BCUT2D eigenvalue weighted by molar-refractivity contribution is -0.126. The number of carbonyl (C=O) groups is 2. The van der Waals surface area contributed by atoms with Gasteiger partial charge in [-0.3, -0.25) is 9.59 Å². The highest BCUT2D eigenvalue weighted by atomic mass is 16.5. The molecule has 0 saturated carbocycles. The summed E-state index contributed by atoms with van der Waals surface area (Å²) in [5, 5.41) is 6.37. The van der Waals surface area contributed by atoms with Crippen LogP contribution in [0.5, 0.6) is 11.5 Å². The first-order valence-corrected chi connectivity index (χ1v) is 9.14. The summed E-state index contributed by atoms with van der Waals surface area (Å²) in [6, 6.07) is 5.43. The van der Waals surface area contributed by atoms with Gasteiger partial charge in [0.15, 0.2) is 11.5 Å². The molecule has 0 radical (unpaired) electrons. The van der Waals surface area contributed by atoms with E-state index in [1.54, 1.807) is 32.4 Å². The van der Waals surface area contributed by atoms with E-state index < -0.39 is 0 Å². The van der Waals surface area contributed by atoms with Gasteiger partial charge in [0.25, 0.3) is 5.91 Å². The van der Waals surface area contributed by atoms with Crippen molar-refractivity contribution in [3.63, 3.8) is 0 Å². The third-order valence-corrected chi connectivity index (χ3v) is 5.19. The molecule has 26 heavy (non-hydrogen) atoms. The average Bonchev–Trinajstić information content (AvgIpc) is 3.20. The topological polar surface area (TPSA) is 79.9 Å². The Morgan fingerprint density at radius 1 is 1.12 bits per heavy atom. The van der Waals surface area contributed by atoms with Gasteiger partial charge in [-0.1, -0.05) is 0 Å². The SMILES string of the molecule is COc1ccc(C(=O)N2CCC(C(=O)NC3CCNC3)CC2)cc1OC. The van der Waals surface area contributed by atoms with Crippen molar-refractivity contribution in [2.75, 3.05) is 40.4 Å². The van der Waals surface area contributed by atoms with Gasteiger partial charge in [-0.2, -0.15) is 0 Å². The average molecular weight is 361 g/mol. The zero-order valence-corrected chi connectivity index (χ0v) is 15.4. The maximum Gasteiger partial charge on any atom is 0.253 e. The number of hydrogen-bond acceptors (Lipinski definition) is 5. The molecule has 1 aromatic carbocycles. The van der Waals surface area contributed by atoms with E-state index in [1.165, 1.54) is 0 Å². The van der Waals surface area contributed by atoms with Gasteiger partial charge in [-0.15, -0.1) is 0 Å². The Labute approximate surface area is 154 Å². The number of likely N-dealkylation sites (tertiary alicyclic amines) is 1. The number of nitrogens with one attached hydrogen (secondary N) is 2. The van der Waals surface area contributed by atoms with E-state index in [1.807, 2.05) is 4.90 Å². The summed E-state index contributed by atoms with van der Waals surface area (Å²) in [5.41, 5.74) is 0.572. The summed E-state index contributed by atoms with van der Waals surface area (Å²) < 4.78 is 10.5. The van der Waals surface area contributed by atoms with Crippen LogP contribution >= 0.6 is 0 Å². The predicted octanol–water partition coefficient (Wildman–Crippen LogP) is 1.03. The highest BCUT2D eigenvalue weighted by molar-refractivity contribution is 5.95. The minimum atomic E-state index is -0.0372. The molecule has 2 aliphatic rings. The third-order valence-electron chi connectivity index (χ3n) is 5.19. The van der Waals surface area contributed by atoms with Gasteiger partial charge in [0.2, 0.25) is 5.91 Å². The van der Waals surface area contributed by atoms with Gasteiger partial charge in [0, 0.05) is 37.2 Å². The predicted molar refractivity (Wildman–Crippen MR) is 97.6 cm³/mol. The molecule has 2 saturated heterocycles. The van der Waals surface area contributed by atoms with Crippen LogP contribution in [-0.4, -0.2) is 63.2 Å². The molecule has 1 aromatic rings. The largest absolute Gasteiger partial charge is 0.493 e. The second-order valence-corrected chi connectivity index (χ2v) is 6.83. The lowest BCUT2D eigenvalue weighted by Gasteiger charge is -2.32.